The SMILES string of the molecule is O=C(c1ccc(Br)cc1)[C@@H]1[C@@H]2C(=O)N(c3cccc4ccccc34)C(=O)[C@H]2[C@H]2C=Cc3cc(Cl)ccc3N21. The van der Waals surface area contributed by atoms with Crippen LogP contribution in [0.2, 0.25) is 5.02 Å². The van der Waals surface area contributed by atoms with Gasteiger partial charge >= 0.3 is 0 Å². The molecule has 3 aliphatic heterocycles. The van der Waals surface area contributed by atoms with Gasteiger partial charge < -0.3 is 4.90 Å². The smallest absolute Gasteiger partial charge is 0.240 e. The molecule has 3 aliphatic rings. The summed E-state index contributed by atoms with van der Waals surface area (Å²) in [5.74, 6) is -2.32. The molecular weight excluding hydrogens is 564 g/mol. The van der Waals surface area contributed by atoms with E-state index < -0.39 is 23.9 Å². The van der Waals surface area contributed by atoms with Gasteiger partial charge in [0.15, 0.2) is 5.78 Å². The number of benzene rings is 4. The summed E-state index contributed by atoms with van der Waals surface area (Å²) in [6, 6.07) is 24.6. The highest BCUT2D eigenvalue weighted by molar-refractivity contribution is 9.10. The van der Waals surface area contributed by atoms with Crippen LogP contribution < -0.4 is 9.80 Å². The van der Waals surface area contributed by atoms with Gasteiger partial charge in [0.25, 0.3) is 0 Å². The number of fused-ring (bicyclic) bond motifs is 6. The van der Waals surface area contributed by atoms with E-state index in [2.05, 4.69) is 15.9 Å². The molecule has 4 aromatic carbocycles. The van der Waals surface area contributed by atoms with E-state index in [1.54, 1.807) is 24.3 Å². The first-order chi connectivity index (χ1) is 18.4. The number of amides is 2. The fraction of sp³-hybridized carbons (Fsp3) is 0.129. The van der Waals surface area contributed by atoms with Crippen LogP contribution in [-0.4, -0.2) is 29.7 Å². The second kappa shape index (κ2) is 8.65. The number of ketones is 1. The van der Waals surface area contributed by atoms with E-state index >= 15 is 0 Å². The Morgan fingerprint density at radius 2 is 1.55 bits per heavy atom. The molecule has 2 fully saturated rings. The first-order valence-corrected chi connectivity index (χ1v) is 13.5. The second-order valence-electron chi connectivity index (χ2n) is 9.84. The Labute approximate surface area is 232 Å². The Kier molecular flexibility index (Phi) is 5.32. The molecule has 7 rings (SSSR count). The molecule has 3 heterocycles. The van der Waals surface area contributed by atoms with Crippen LogP contribution in [0.4, 0.5) is 11.4 Å². The third-order valence-corrected chi connectivity index (χ3v) is 8.64. The Hall–Kier alpha value is -3.74. The molecule has 2 saturated heterocycles. The molecule has 0 radical (unpaired) electrons. The first kappa shape index (κ1) is 23.4. The van der Waals surface area contributed by atoms with Crippen molar-refractivity contribution in [1.82, 2.24) is 0 Å². The molecule has 38 heavy (non-hydrogen) atoms. The molecule has 0 spiro atoms. The van der Waals surface area contributed by atoms with E-state index in [4.69, 9.17) is 11.6 Å². The molecule has 0 saturated carbocycles. The van der Waals surface area contributed by atoms with Gasteiger partial charge in [-0.25, -0.2) is 4.90 Å². The number of hydrogen-bond donors (Lipinski definition) is 0. The van der Waals surface area contributed by atoms with E-state index in [1.807, 2.05) is 77.7 Å². The van der Waals surface area contributed by atoms with Gasteiger partial charge in [0.2, 0.25) is 11.8 Å². The third kappa shape index (κ3) is 3.33. The van der Waals surface area contributed by atoms with Gasteiger partial charge in [-0.15, -0.1) is 0 Å². The molecule has 7 heteroatoms. The van der Waals surface area contributed by atoms with E-state index in [9.17, 15) is 14.4 Å². The van der Waals surface area contributed by atoms with Crippen LogP contribution in [0.1, 0.15) is 15.9 Å². The standard InChI is InChI=1S/C31H20BrClN2O3/c32-20-11-8-18(9-12-20)29(36)28-27-26(25-14-10-19-16-21(33)13-15-23(19)34(25)28)30(37)35(31(27)38)24-7-3-5-17-4-1-2-6-22(17)24/h1-16,25-28H/t25-,26+,27-,28+/m1/s1. The molecule has 186 valence electrons. The first-order valence-electron chi connectivity index (χ1n) is 12.4. The largest absolute Gasteiger partial charge is 0.352 e. The van der Waals surface area contributed by atoms with Gasteiger partial charge in [0, 0.05) is 26.1 Å². The number of carbonyl (C=O) groups is 3. The highest BCUT2D eigenvalue weighted by Crippen LogP contribution is 2.50. The molecule has 0 N–H and O–H groups in total. The minimum atomic E-state index is -0.840. The number of hydrogen-bond acceptors (Lipinski definition) is 4. The van der Waals surface area contributed by atoms with Crippen molar-refractivity contribution in [3.63, 3.8) is 0 Å². The molecule has 4 aromatic rings. The summed E-state index contributed by atoms with van der Waals surface area (Å²) < 4.78 is 0.853. The van der Waals surface area contributed by atoms with Gasteiger partial charge in [-0.2, -0.15) is 0 Å². The third-order valence-electron chi connectivity index (χ3n) is 7.87. The Morgan fingerprint density at radius 1 is 0.816 bits per heavy atom. The molecule has 0 bridgehead atoms. The number of imide groups is 1. The maximum Gasteiger partial charge on any atom is 0.240 e. The van der Waals surface area contributed by atoms with Crippen molar-refractivity contribution < 1.29 is 14.4 Å². The summed E-state index contributed by atoms with van der Waals surface area (Å²) in [4.78, 5) is 45.8. The van der Waals surface area contributed by atoms with E-state index in [1.165, 1.54) is 4.90 Å². The fourth-order valence-electron chi connectivity index (χ4n) is 6.27. The molecule has 5 nitrogen and oxygen atoms in total. The monoisotopic (exact) mass is 582 g/mol. The topological polar surface area (TPSA) is 57.7 Å². The zero-order valence-electron chi connectivity index (χ0n) is 19.9. The predicted molar refractivity (Wildman–Crippen MR) is 152 cm³/mol. The summed E-state index contributed by atoms with van der Waals surface area (Å²) in [6.45, 7) is 0. The number of carbonyl (C=O) groups excluding carboxylic acids is 3. The van der Waals surface area contributed by atoms with Crippen molar-refractivity contribution in [3.8, 4) is 0 Å². The van der Waals surface area contributed by atoms with Gasteiger partial charge in [-0.1, -0.05) is 88.2 Å². The number of rotatable bonds is 3. The Balaban J connectivity index is 1.39. The van der Waals surface area contributed by atoms with Crippen LogP contribution in [0.3, 0.4) is 0 Å². The molecular formula is C31H20BrClN2O3. The van der Waals surface area contributed by atoms with Crippen molar-refractivity contribution in [2.24, 2.45) is 11.8 Å². The second-order valence-corrected chi connectivity index (χ2v) is 11.2. The average molecular weight is 584 g/mol. The lowest BCUT2D eigenvalue weighted by Crippen LogP contribution is -2.48. The molecule has 4 atom stereocenters. The maximum absolute atomic E-state index is 14.2. The highest BCUT2D eigenvalue weighted by Gasteiger charge is 2.64. The van der Waals surface area contributed by atoms with E-state index in [0.29, 0.717) is 16.3 Å². The average Bonchev–Trinajstić information content (AvgIpc) is 3.40. The highest BCUT2D eigenvalue weighted by atomic mass is 79.9. The predicted octanol–water partition coefficient (Wildman–Crippen LogP) is 6.53. The van der Waals surface area contributed by atoms with Crippen LogP contribution in [0.5, 0.6) is 0 Å². The Morgan fingerprint density at radius 3 is 2.37 bits per heavy atom. The Bertz CT molecular complexity index is 1690. The quantitative estimate of drug-likeness (QED) is 0.203. The molecule has 0 unspecified atom stereocenters. The molecule has 0 aliphatic carbocycles. The van der Waals surface area contributed by atoms with Crippen molar-refractivity contribution in [3.05, 3.63) is 112 Å². The van der Waals surface area contributed by atoms with E-state index in [-0.39, 0.29) is 17.6 Å². The molecule has 2 amide bonds. The number of nitrogens with zero attached hydrogens (tertiary/aromatic N) is 2. The lowest BCUT2D eigenvalue weighted by molar-refractivity contribution is -0.122. The van der Waals surface area contributed by atoms with Crippen molar-refractivity contribution in [2.45, 2.75) is 12.1 Å². The molecule has 0 aromatic heterocycles. The van der Waals surface area contributed by atoms with Gasteiger partial charge in [-0.3, -0.25) is 14.4 Å². The number of Topliss-reactive ketones (excluding diaryl/α,β-unsaturated/α-hetero) is 1. The van der Waals surface area contributed by atoms with Crippen LogP contribution in [-0.2, 0) is 9.59 Å². The van der Waals surface area contributed by atoms with Crippen molar-refractivity contribution in [1.29, 1.82) is 0 Å². The van der Waals surface area contributed by atoms with Gasteiger partial charge in [0.05, 0.1) is 23.6 Å². The number of anilines is 2. The van der Waals surface area contributed by atoms with Crippen LogP contribution in [0, 0.1) is 11.8 Å². The summed E-state index contributed by atoms with van der Waals surface area (Å²) in [5, 5.41) is 2.34. The summed E-state index contributed by atoms with van der Waals surface area (Å²) in [5.41, 5.74) is 2.70. The zero-order chi connectivity index (χ0) is 26.1. The maximum atomic E-state index is 14.2. The van der Waals surface area contributed by atoms with E-state index in [0.717, 1.165) is 26.5 Å². The zero-order valence-corrected chi connectivity index (χ0v) is 22.3. The minimum absolute atomic E-state index is 0.188. The number of halogens is 2. The van der Waals surface area contributed by atoms with Crippen molar-refractivity contribution >= 4 is 73.4 Å². The van der Waals surface area contributed by atoms with Gasteiger partial charge in [-0.05, 0) is 47.3 Å². The lowest BCUT2D eigenvalue weighted by atomic mass is 9.86. The van der Waals surface area contributed by atoms with Crippen LogP contribution >= 0.6 is 27.5 Å². The van der Waals surface area contributed by atoms with Gasteiger partial charge in [0.1, 0.15) is 6.04 Å². The summed E-state index contributed by atoms with van der Waals surface area (Å²) in [6.07, 6.45) is 3.87. The summed E-state index contributed by atoms with van der Waals surface area (Å²) in [7, 11) is 0. The minimum Gasteiger partial charge on any atom is -0.352 e. The summed E-state index contributed by atoms with van der Waals surface area (Å²) >= 11 is 9.70. The van der Waals surface area contributed by atoms with Crippen LogP contribution in [0.15, 0.2) is 95.5 Å². The fourth-order valence-corrected chi connectivity index (χ4v) is 6.71. The van der Waals surface area contributed by atoms with Crippen LogP contribution in [0.25, 0.3) is 16.8 Å². The lowest BCUT2D eigenvalue weighted by Gasteiger charge is -2.36. The normalized spacial score (nSPS) is 23.5. The van der Waals surface area contributed by atoms with Crippen molar-refractivity contribution in [2.75, 3.05) is 9.80 Å².